The molecule has 0 saturated heterocycles. The van der Waals surface area contributed by atoms with Crippen LogP contribution in [0.1, 0.15) is 16.7 Å². The van der Waals surface area contributed by atoms with Crippen molar-refractivity contribution in [1.29, 1.82) is 5.26 Å². The number of nitriles is 1. The van der Waals surface area contributed by atoms with Crippen molar-refractivity contribution in [3.8, 4) is 11.8 Å². The fourth-order valence-corrected chi connectivity index (χ4v) is 2.92. The van der Waals surface area contributed by atoms with Crippen molar-refractivity contribution in [3.05, 3.63) is 111 Å². The lowest BCUT2D eigenvalue weighted by molar-refractivity contribution is -0.384. The van der Waals surface area contributed by atoms with Crippen molar-refractivity contribution in [2.45, 2.75) is 13.0 Å². The number of hydrogen-bond donors (Lipinski definition) is 1. The van der Waals surface area contributed by atoms with Gasteiger partial charge in [-0.3, -0.25) is 14.9 Å². The van der Waals surface area contributed by atoms with Gasteiger partial charge in [0.15, 0.2) is 0 Å². The van der Waals surface area contributed by atoms with Gasteiger partial charge in [0.25, 0.3) is 11.6 Å². The van der Waals surface area contributed by atoms with E-state index in [-0.39, 0.29) is 17.9 Å². The van der Waals surface area contributed by atoms with Crippen LogP contribution in [0.15, 0.2) is 84.4 Å². The zero-order chi connectivity index (χ0) is 22.8. The number of carbonyl (C=O) groups is 1. The van der Waals surface area contributed by atoms with Crippen molar-refractivity contribution in [1.82, 2.24) is 5.32 Å². The Hall–Kier alpha value is -4.44. The zero-order valence-corrected chi connectivity index (χ0v) is 17.2. The molecular formula is C25H21N3O4. The summed E-state index contributed by atoms with van der Waals surface area (Å²) in [6.07, 6.45) is 2.21. The van der Waals surface area contributed by atoms with Gasteiger partial charge in [-0.2, -0.15) is 5.26 Å². The van der Waals surface area contributed by atoms with Gasteiger partial charge in [0.05, 0.1) is 4.92 Å². The first-order chi connectivity index (χ1) is 15.5. The fourth-order valence-electron chi connectivity index (χ4n) is 2.92. The Morgan fingerprint density at radius 2 is 1.69 bits per heavy atom. The van der Waals surface area contributed by atoms with Gasteiger partial charge in [0, 0.05) is 18.7 Å². The molecule has 0 saturated carbocycles. The normalized spacial score (nSPS) is 10.8. The molecule has 0 unspecified atom stereocenters. The molecule has 1 N–H and O–H groups in total. The van der Waals surface area contributed by atoms with E-state index in [0.29, 0.717) is 24.3 Å². The minimum Gasteiger partial charge on any atom is -0.489 e. The summed E-state index contributed by atoms with van der Waals surface area (Å²) in [5, 5.41) is 22.8. The minimum absolute atomic E-state index is 0.0256. The van der Waals surface area contributed by atoms with Crippen molar-refractivity contribution >= 4 is 17.7 Å². The topological polar surface area (TPSA) is 105 Å². The van der Waals surface area contributed by atoms with Crippen LogP contribution in [-0.2, 0) is 17.8 Å². The SMILES string of the molecule is N#C/C(=C\c1ccc(OCc2ccc([N+](=O)[O-])cc2)cc1)C(=O)NCCc1ccccc1. The molecule has 0 heterocycles. The average molecular weight is 427 g/mol. The summed E-state index contributed by atoms with van der Waals surface area (Å²) >= 11 is 0. The summed E-state index contributed by atoms with van der Waals surface area (Å²) in [6.45, 7) is 0.706. The van der Waals surface area contributed by atoms with Gasteiger partial charge in [0.2, 0.25) is 0 Å². The Labute approximate surface area is 185 Å². The molecule has 0 fully saturated rings. The molecule has 1 amide bonds. The smallest absolute Gasteiger partial charge is 0.269 e. The van der Waals surface area contributed by atoms with Crippen LogP contribution in [0.2, 0.25) is 0 Å². The maximum Gasteiger partial charge on any atom is 0.269 e. The second-order valence-electron chi connectivity index (χ2n) is 6.94. The molecule has 0 aliphatic rings. The quantitative estimate of drug-likeness (QED) is 0.235. The van der Waals surface area contributed by atoms with E-state index in [4.69, 9.17) is 4.74 Å². The zero-order valence-electron chi connectivity index (χ0n) is 17.2. The van der Waals surface area contributed by atoms with Crippen LogP contribution in [0.3, 0.4) is 0 Å². The lowest BCUT2D eigenvalue weighted by atomic mass is 10.1. The highest BCUT2D eigenvalue weighted by molar-refractivity contribution is 6.01. The van der Waals surface area contributed by atoms with Gasteiger partial charge in [0.1, 0.15) is 24.0 Å². The molecule has 3 aromatic carbocycles. The minimum atomic E-state index is -0.448. The van der Waals surface area contributed by atoms with Crippen molar-refractivity contribution in [2.24, 2.45) is 0 Å². The molecule has 32 heavy (non-hydrogen) atoms. The largest absolute Gasteiger partial charge is 0.489 e. The Kier molecular flexibility index (Phi) is 7.71. The number of non-ortho nitro benzene ring substituents is 1. The van der Waals surface area contributed by atoms with E-state index in [0.717, 1.165) is 11.1 Å². The van der Waals surface area contributed by atoms with Gasteiger partial charge in [-0.25, -0.2) is 0 Å². The Balaban J connectivity index is 1.53. The first-order valence-corrected chi connectivity index (χ1v) is 9.95. The number of hydrogen-bond acceptors (Lipinski definition) is 5. The van der Waals surface area contributed by atoms with Crippen LogP contribution in [0.4, 0.5) is 5.69 Å². The highest BCUT2D eigenvalue weighted by Gasteiger charge is 2.09. The summed E-state index contributed by atoms with van der Waals surface area (Å²) in [5.74, 6) is 0.188. The van der Waals surface area contributed by atoms with Crippen LogP contribution in [-0.4, -0.2) is 17.4 Å². The van der Waals surface area contributed by atoms with E-state index in [1.165, 1.54) is 18.2 Å². The second-order valence-corrected chi connectivity index (χ2v) is 6.94. The van der Waals surface area contributed by atoms with Gasteiger partial charge >= 0.3 is 0 Å². The Morgan fingerprint density at radius 1 is 1.00 bits per heavy atom. The van der Waals surface area contributed by atoms with Crippen LogP contribution in [0.5, 0.6) is 5.75 Å². The number of nitrogens with zero attached hydrogens (tertiary/aromatic N) is 2. The van der Waals surface area contributed by atoms with Crippen LogP contribution < -0.4 is 10.1 Å². The predicted octanol–water partition coefficient (Wildman–Crippen LogP) is 4.44. The fraction of sp³-hybridized carbons (Fsp3) is 0.120. The summed E-state index contributed by atoms with van der Waals surface area (Å²) < 4.78 is 5.69. The average Bonchev–Trinajstić information content (AvgIpc) is 2.82. The van der Waals surface area contributed by atoms with Gasteiger partial charge < -0.3 is 10.1 Å². The standard InChI is InChI=1S/C25H21N3O4/c26-17-22(25(29)27-15-14-19-4-2-1-3-5-19)16-20-8-12-24(13-9-20)32-18-21-6-10-23(11-7-21)28(30)31/h1-13,16H,14-15,18H2,(H,27,29)/b22-16+. The number of benzene rings is 3. The number of nitrogens with one attached hydrogen (secondary N) is 1. The predicted molar refractivity (Wildman–Crippen MR) is 121 cm³/mol. The molecule has 0 spiro atoms. The number of amides is 1. The summed E-state index contributed by atoms with van der Waals surface area (Å²) in [6, 6.07) is 24.9. The molecule has 0 radical (unpaired) electrons. The third kappa shape index (κ3) is 6.54. The van der Waals surface area contributed by atoms with Crippen molar-refractivity contribution in [3.63, 3.8) is 0 Å². The summed E-state index contributed by atoms with van der Waals surface area (Å²) in [4.78, 5) is 22.5. The third-order valence-corrected chi connectivity index (χ3v) is 4.65. The lowest BCUT2D eigenvalue weighted by Gasteiger charge is -2.07. The number of nitro benzene ring substituents is 1. The lowest BCUT2D eigenvalue weighted by Crippen LogP contribution is -2.26. The van der Waals surface area contributed by atoms with E-state index in [9.17, 15) is 20.2 Å². The van der Waals surface area contributed by atoms with Gasteiger partial charge in [-0.15, -0.1) is 0 Å². The molecule has 0 bridgehead atoms. The second kappa shape index (κ2) is 11.1. The molecular weight excluding hydrogens is 406 g/mol. The molecule has 0 aliphatic heterocycles. The number of carbonyl (C=O) groups excluding carboxylic acids is 1. The van der Waals surface area contributed by atoms with E-state index in [1.807, 2.05) is 36.4 Å². The van der Waals surface area contributed by atoms with E-state index in [1.54, 1.807) is 36.4 Å². The Morgan fingerprint density at radius 3 is 2.31 bits per heavy atom. The summed E-state index contributed by atoms with van der Waals surface area (Å²) in [7, 11) is 0. The van der Waals surface area contributed by atoms with Crippen molar-refractivity contribution < 1.29 is 14.5 Å². The highest BCUT2D eigenvalue weighted by atomic mass is 16.6. The van der Waals surface area contributed by atoms with Crippen LogP contribution in [0, 0.1) is 21.4 Å². The molecule has 3 rings (SSSR count). The molecule has 160 valence electrons. The van der Waals surface area contributed by atoms with Gasteiger partial charge in [-0.1, -0.05) is 42.5 Å². The third-order valence-electron chi connectivity index (χ3n) is 4.65. The molecule has 0 aromatic heterocycles. The molecule has 3 aromatic rings. The number of rotatable bonds is 9. The number of nitro groups is 1. The molecule has 0 atom stereocenters. The van der Waals surface area contributed by atoms with Crippen molar-refractivity contribution in [2.75, 3.05) is 6.54 Å². The maximum absolute atomic E-state index is 12.3. The molecule has 7 nitrogen and oxygen atoms in total. The number of ether oxygens (including phenoxy) is 1. The van der Waals surface area contributed by atoms with Crippen LogP contribution in [0.25, 0.3) is 6.08 Å². The first-order valence-electron chi connectivity index (χ1n) is 9.95. The maximum atomic E-state index is 12.3. The molecule has 7 heteroatoms. The van der Waals surface area contributed by atoms with Gasteiger partial charge in [-0.05, 0) is 53.5 Å². The van der Waals surface area contributed by atoms with Crippen LogP contribution >= 0.6 is 0 Å². The van der Waals surface area contributed by atoms with E-state index >= 15 is 0 Å². The monoisotopic (exact) mass is 427 g/mol. The van der Waals surface area contributed by atoms with E-state index in [2.05, 4.69) is 5.32 Å². The van der Waals surface area contributed by atoms with E-state index < -0.39 is 10.8 Å². The summed E-state index contributed by atoms with van der Waals surface area (Å²) in [5.41, 5.74) is 2.67. The Bertz CT molecular complexity index is 1130. The first kappa shape index (κ1) is 22.2. The highest BCUT2D eigenvalue weighted by Crippen LogP contribution is 2.18. The molecule has 0 aliphatic carbocycles.